The number of rotatable bonds is 1. The second kappa shape index (κ2) is 12.0. The molecule has 2 nitrogen and oxygen atoms in total. The Kier molecular flexibility index (Phi) is 7.45. The molecule has 0 atom stereocenters. The van der Waals surface area contributed by atoms with Crippen molar-refractivity contribution < 1.29 is 8.83 Å². The van der Waals surface area contributed by atoms with Gasteiger partial charge in [-0.25, -0.2) is 0 Å². The number of hydrogen-bond donors (Lipinski definition) is 0. The summed E-state index contributed by atoms with van der Waals surface area (Å²) in [5.41, 5.74) is 15.5. The van der Waals surface area contributed by atoms with Crippen molar-refractivity contribution in [2.24, 2.45) is 0 Å². The van der Waals surface area contributed by atoms with E-state index in [4.69, 9.17) is 8.83 Å². The summed E-state index contributed by atoms with van der Waals surface area (Å²) in [6, 6.07) is 31.6. The number of para-hydroxylation sites is 2. The molecule has 6 aliphatic carbocycles. The van der Waals surface area contributed by atoms with Crippen molar-refractivity contribution in [3.8, 4) is 0 Å². The van der Waals surface area contributed by atoms with Gasteiger partial charge in [0.1, 0.15) is 22.3 Å². The molecule has 2 saturated carbocycles. The molecule has 0 aliphatic heterocycles. The fourth-order valence-electron chi connectivity index (χ4n) is 10.0. The fourth-order valence-corrected chi connectivity index (χ4v) is 10.0. The Morgan fingerprint density at radius 2 is 1.02 bits per heavy atom. The lowest BCUT2D eigenvalue weighted by atomic mass is 9.59. The average molecular weight is 631 g/mol. The Bertz CT molecular complexity index is 2230. The normalized spacial score (nSPS) is 21.9. The van der Waals surface area contributed by atoms with Crippen LogP contribution in [0.4, 0.5) is 0 Å². The molecular formula is C46H46O2. The number of hydrogen-bond acceptors (Lipinski definition) is 2. The van der Waals surface area contributed by atoms with E-state index in [1.807, 2.05) is 47.5 Å². The van der Waals surface area contributed by atoms with Gasteiger partial charge < -0.3 is 8.83 Å². The quantitative estimate of drug-likeness (QED) is 0.180. The van der Waals surface area contributed by atoms with E-state index in [0.29, 0.717) is 0 Å². The molecule has 4 bridgehead atoms. The molecule has 2 heteroatoms. The molecule has 0 N–H and O–H groups in total. The summed E-state index contributed by atoms with van der Waals surface area (Å²) in [7, 11) is 0. The number of furan rings is 2. The molecule has 0 unspecified atom stereocenters. The van der Waals surface area contributed by atoms with Crippen LogP contribution >= 0.6 is 0 Å². The number of fused-ring (bicyclic) bond motifs is 10. The van der Waals surface area contributed by atoms with Gasteiger partial charge in [0, 0.05) is 21.5 Å². The van der Waals surface area contributed by atoms with Crippen LogP contribution in [0.5, 0.6) is 0 Å². The van der Waals surface area contributed by atoms with Crippen LogP contribution in [0.1, 0.15) is 121 Å². The summed E-state index contributed by atoms with van der Waals surface area (Å²) in [6.45, 7) is 6.72. The molecule has 48 heavy (non-hydrogen) atoms. The van der Waals surface area contributed by atoms with Crippen molar-refractivity contribution in [1.29, 1.82) is 0 Å². The maximum absolute atomic E-state index is 5.79. The molecule has 242 valence electrons. The molecule has 0 amide bonds. The summed E-state index contributed by atoms with van der Waals surface area (Å²) in [5.74, 6) is 3.69. The Morgan fingerprint density at radius 3 is 1.67 bits per heavy atom. The molecule has 2 heterocycles. The van der Waals surface area contributed by atoms with Gasteiger partial charge >= 0.3 is 0 Å². The zero-order valence-corrected chi connectivity index (χ0v) is 28.7. The van der Waals surface area contributed by atoms with Gasteiger partial charge in [0.25, 0.3) is 0 Å². The Morgan fingerprint density at radius 1 is 0.500 bits per heavy atom. The van der Waals surface area contributed by atoms with Gasteiger partial charge in [0.15, 0.2) is 0 Å². The Hall–Kier alpha value is -4.30. The number of aryl methyl sites for hydroxylation is 2. The topological polar surface area (TPSA) is 26.3 Å². The Labute approximate surface area is 284 Å². The summed E-state index contributed by atoms with van der Waals surface area (Å²) in [6.07, 6.45) is 12.9. The van der Waals surface area contributed by atoms with E-state index in [1.54, 1.807) is 16.7 Å². The van der Waals surface area contributed by atoms with Crippen molar-refractivity contribution in [2.75, 3.05) is 0 Å². The van der Waals surface area contributed by atoms with Gasteiger partial charge in [-0.1, -0.05) is 73.7 Å². The van der Waals surface area contributed by atoms with Crippen LogP contribution in [0.15, 0.2) is 99.8 Å². The third-order valence-electron chi connectivity index (χ3n) is 12.3. The van der Waals surface area contributed by atoms with Crippen molar-refractivity contribution in [2.45, 2.75) is 102 Å². The second-order valence-corrected chi connectivity index (χ2v) is 14.9. The molecule has 6 aliphatic rings. The van der Waals surface area contributed by atoms with Crippen LogP contribution in [0.25, 0.3) is 43.9 Å². The van der Waals surface area contributed by atoms with E-state index in [0.717, 1.165) is 52.4 Å². The minimum atomic E-state index is 0.921. The second-order valence-electron chi connectivity index (χ2n) is 14.9. The first-order valence-corrected chi connectivity index (χ1v) is 18.5. The minimum Gasteiger partial charge on any atom is -0.456 e. The van der Waals surface area contributed by atoms with Crippen molar-refractivity contribution in [1.82, 2.24) is 0 Å². The highest BCUT2D eigenvalue weighted by molar-refractivity contribution is 6.07. The van der Waals surface area contributed by atoms with Crippen LogP contribution in [-0.4, -0.2) is 0 Å². The molecule has 2 aromatic heterocycles. The molecule has 0 radical (unpaired) electrons. The molecule has 0 spiro atoms. The third kappa shape index (κ3) is 4.90. The van der Waals surface area contributed by atoms with Crippen LogP contribution < -0.4 is 0 Å². The molecule has 5 aromatic carbocycles. The first kappa shape index (κ1) is 29.8. The van der Waals surface area contributed by atoms with Gasteiger partial charge in [0.05, 0.1) is 0 Å². The van der Waals surface area contributed by atoms with Crippen LogP contribution in [0.3, 0.4) is 0 Å². The highest BCUT2D eigenvalue weighted by atomic mass is 16.3. The average Bonchev–Trinajstić information content (AvgIpc) is 3.71. The van der Waals surface area contributed by atoms with Crippen molar-refractivity contribution in [3.63, 3.8) is 0 Å². The smallest absolute Gasteiger partial charge is 0.135 e. The van der Waals surface area contributed by atoms with Gasteiger partial charge in [-0.15, -0.1) is 0 Å². The largest absolute Gasteiger partial charge is 0.456 e. The van der Waals surface area contributed by atoms with Gasteiger partial charge in [-0.2, -0.15) is 0 Å². The van der Waals surface area contributed by atoms with Crippen molar-refractivity contribution in [3.05, 3.63) is 130 Å². The summed E-state index contributed by atoms with van der Waals surface area (Å²) < 4.78 is 11.5. The predicted octanol–water partition coefficient (Wildman–Crippen LogP) is 13.5. The van der Waals surface area contributed by atoms with E-state index in [9.17, 15) is 0 Å². The first-order valence-electron chi connectivity index (χ1n) is 18.5. The van der Waals surface area contributed by atoms with E-state index in [2.05, 4.69) is 75.4 Å². The summed E-state index contributed by atoms with van der Waals surface area (Å²) >= 11 is 0. The number of benzene rings is 5. The molecular weight excluding hydrogens is 585 g/mol. The highest BCUT2D eigenvalue weighted by Gasteiger charge is 2.40. The summed E-state index contributed by atoms with van der Waals surface area (Å²) in [5, 5.41) is 4.90. The molecule has 0 saturated heterocycles. The van der Waals surface area contributed by atoms with Gasteiger partial charge in [-0.05, 0) is 159 Å². The maximum atomic E-state index is 5.79. The predicted molar refractivity (Wildman–Crippen MR) is 201 cm³/mol. The summed E-state index contributed by atoms with van der Waals surface area (Å²) in [4.78, 5) is 0. The highest BCUT2D eigenvalue weighted by Crippen LogP contribution is 2.57. The van der Waals surface area contributed by atoms with Crippen LogP contribution in [-0.2, 0) is 6.42 Å². The minimum absolute atomic E-state index is 0.921. The first-order chi connectivity index (χ1) is 23.6. The van der Waals surface area contributed by atoms with Crippen LogP contribution in [0, 0.1) is 13.8 Å². The zero-order valence-electron chi connectivity index (χ0n) is 28.7. The molecule has 13 rings (SSSR count). The van der Waals surface area contributed by atoms with E-state index >= 15 is 0 Å². The maximum Gasteiger partial charge on any atom is 0.135 e. The van der Waals surface area contributed by atoms with Gasteiger partial charge in [-0.3, -0.25) is 0 Å². The lowest BCUT2D eigenvalue weighted by Gasteiger charge is -2.45. The van der Waals surface area contributed by atoms with Crippen molar-refractivity contribution >= 4 is 43.9 Å². The SMILES string of the molecule is CCc1cccc2oc3ccccc3c12.Cc1c2c(cc3c1C1CCC3CC1)C1CCC2CC1.Cc1ccc2c(c1)oc1ccccc12. The standard InChI is InChI=1S/C19H24.C14H12O.C13H10O/c1-11-18-14-6-2-12(3-7-14)16(18)10-17-13-4-8-15(9-5-13)19(11)17;1-2-10-6-5-9-13-14(10)11-7-3-4-8-12(11)15-13;1-9-6-7-11-10-4-2-3-5-12(10)14-13(11)8-9/h10,12-15H,2-9H2,1H3;3-9H,2H2,1H3;2-8H,1H3. The zero-order chi connectivity index (χ0) is 32.4. The van der Waals surface area contributed by atoms with E-state index in [1.165, 1.54) is 84.0 Å². The monoisotopic (exact) mass is 630 g/mol. The third-order valence-corrected chi connectivity index (χ3v) is 12.3. The molecule has 7 aromatic rings. The molecule has 2 fully saturated rings. The van der Waals surface area contributed by atoms with E-state index in [-0.39, 0.29) is 0 Å². The lowest BCUT2D eigenvalue weighted by Crippen LogP contribution is -2.28. The van der Waals surface area contributed by atoms with Gasteiger partial charge in [0.2, 0.25) is 0 Å². The lowest BCUT2D eigenvalue weighted by molar-refractivity contribution is 0.338. The Balaban J connectivity index is 0.0000000996. The fraction of sp³-hybridized carbons (Fsp3) is 0.348. The van der Waals surface area contributed by atoms with E-state index < -0.39 is 0 Å². The van der Waals surface area contributed by atoms with Crippen LogP contribution in [0.2, 0.25) is 0 Å².